The number of hydrogen-bond donors (Lipinski definition) is 1. The van der Waals surface area contributed by atoms with Gasteiger partial charge in [-0.2, -0.15) is 26.3 Å². The molecule has 2 rings (SSSR count). The third-order valence-corrected chi connectivity index (χ3v) is 3.13. The molecule has 1 aromatic heterocycles. The highest BCUT2D eigenvalue weighted by atomic mass is 19.4. The van der Waals surface area contributed by atoms with Crippen LogP contribution in [0.15, 0.2) is 18.3 Å². The third-order valence-electron chi connectivity index (χ3n) is 3.13. The van der Waals surface area contributed by atoms with Crippen LogP contribution in [0.5, 0.6) is 0 Å². The fourth-order valence-corrected chi connectivity index (χ4v) is 2.09. The number of aliphatic hydroxyl groups excluding tert-OH is 1. The average Bonchev–Trinajstić information content (AvgIpc) is 2.58. The molecule has 11 heteroatoms. The van der Waals surface area contributed by atoms with Crippen molar-refractivity contribution in [2.24, 2.45) is 0 Å². The minimum Gasteiger partial charge on any atom is -0.370 e. The number of nitrogens with zero attached hydrogens (tertiary/aromatic N) is 3. The fraction of sp³-hybridized carbons (Fsp3) is 0.455. The number of carbonyl (C=O) groups is 1. The summed E-state index contributed by atoms with van der Waals surface area (Å²) in [6, 6.07) is -2.87. The van der Waals surface area contributed by atoms with Crippen LogP contribution < -0.4 is 4.90 Å². The summed E-state index contributed by atoms with van der Waals surface area (Å²) in [6.07, 6.45) is -11.4. The van der Waals surface area contributed by atoms with E-state index in [0.29, 0.717) is 18.3 Å². The van der Waals surface area contributed by atoms with E-state index in [4.69, 9.17) is 0 Å². The summed E-state index contributed by atoms with van der Waals surface area (Å²) < 4.78 is 76.3. The van der Waals surface area contributed by atoms with Crippen LogP contribution in [0.25, 0.3) is 0 Å². The number of anilines is 1. The minimum absolute atomic E-state index is 0.174. The number of pyridine rings is 1. The van der Waals surface area contributed by atoms with Crippen molar-refractivity contribution < 1.29 is 36.2 Å². The smallest absolute Gasteiger partial charge is 0.370 e. The Morgan fingerprint density at radius 1 is 1.23 bits per heavy atom. The Kier molecular flexibility index (Phi) is 3.71. The number of urea groups is 1. The van der Waals surface area contributed by atoms with Crippen LogP contribution in [-0.2, 0) is 6.18 Å². The number of rotatable bonds is 1. The zero-order valence-corrected chi connectivity index (χ0v) is 10.9. The lowest BCUT2D eigenvalue weighted by Crippen LogP contribution is -2.47. The Bertz CT molecular complexity index is 588. The quantitative estimate of drug-likeness (QED) is 0.804. The molecule has 2 unspecified atom stereocenters. The molecule has 0 saturated carbocycles. The third kappa shape index (κ3) is 2.67. The van der Waals surface area contributed by atoms with Gasteiger partial charge in [-0.3, -0.25) is 0 Å². The second kappa shape index (κ2) is 5.00. The van der Waals surface area contributed by atoms with Gasteiger partial charge < -0.3 is 10.0 Å². The number of amides is 2. The van der Waals surface area contributed by atoms with E-state index in [0.717, 1.165) is 7.05 Å². The number of aromatic nitrogens is 1. The Labute approximate surface area is 119 Å². The lowest BCUT2D eigenvalue weighted by molar-refractivity contribution is -0.187. The largest absolute Gasteiger partial charge is 0.416 e. The number of likely N-dealkylation sites (N-methyl/N-ethyl adjacent to an activating group) is 1. The van der Waals surface area contributed by atoms with Crippen molar-refractivity contribution in [1.82, 2.24) is 9.88 Å². The van der Waals surface area contributed by atoms with E-state index in [1.165, 1.54) is 0 Å². The first kappa shape index (κ1) is 16.3. The summed E-state index contributed by atoms with van der Waals surface area (Å²) in [6.45, 7) is 0. The van der Waals surface area contributed by atoms with Gasteiger partial charge in [-0.05, 0) is 12.1 Å². The van der Waals surface area contributed by atoms with E-state index in [1.807, 2.05) is 0 Å². The number of hydrogen-bond acceptors (Lipinski definition) is 3. The van der Waals surface area contributed by atoms with E-state index < -0.39 is 42.0 Å². The van der Waals surface area contributed by atoms with Crippen molar-refractivity contribution in [3.05, 3.63) is 23.9 Å². The zero-order chi connectivity index (χ0) is 16.9. The Morgan fingerprint density at radius 3 is 2.27 bits per heavy atom. The van der Waals surface area contributed by atoms with Gasteiger partial charge in [0.1, 0.15) is 5.82 Å². The molecule has 0 aromatic carbocycles. The molecule has 1 fully saturated rings. The van der Waals surface area contributed by atoms with Crippen LogP contribution in [0.1, 0.15) is 5.56 Å². The molecule has 0 spiro atoms. The van der Waals surface area contributed by atoms with E-state index in [2.05, 4.69) is 4.98 Å². The average molecular weight is 329 g/mol. The molecular weight excluding hydrogens is 320 g/mol. The molecule has 5 nitrogen and oxygen atoms in total. The van der Waals surface area contributed by atoms with E-state index in [1.54, 1.807) is 0 Å². The Balaban J connectivity index is 2.43. The van der Waals surface area contributed by atoms with Gasteiger partial charge in [0.15, 0.2) is 12.3 Å². The first-order valence-corrected chi connectivity index (χ1v) is 5.78. The lowest BCUT2D eigenvalue weighted by Gasteiger charge is -2.23. The number of carbonyl (C=O) groups excluding carboxylic acids is 1. The molecule has 2 amide bonds. The molecule has 22 heavy (non-hydrogen) atoms. The van der Waals surface area contributed by atoms with Gasteiger partial charge >= 0.3 is 18.4 Å². The van der Waals surface area contributed by atoms with Crippen molar-refractivity contribution in [3.63, 3.8) is 0 Å². The molecule has 1 aliphatic heterocycles. The van der Waals surface area contributed by atoms with Crippen molar-refractivity contribution >= 4 is 11.8 Å². The van der Waals surface area contributed by atoms with Crippen molar-refractivity contribution in [3.8, 4) is 0 Å². The van der Waals surface area contributed by atoms with Gasteiger partial charge in [0, 0.05) is 13.2 Å². The summed E-state index contributed by atoms with van der Waals surface area (Å²) in [4.78, 5) is 15.6. The SMILES string of the molecule is CN1C(=O)N(c2cc(C(F)(F)F)ccn2)C(O)C1C(F)(F)F. The number of alkyl halides is 6. The fourth-order valence-electron chi connectivity index (χ4n) is 2.09. The minimum atomic E-state index is -4.94. The lowest BCUT2D eigenvalue weighted by atomic mass is 10.2. The molecule has 2 heterocycles. The predicted octanol–water partition coefficient (Wildman–Crippen LogP) is 2.22. The van der Waals surface area contributed by atoms with Gasteiger partial charge in [0.25, 0.3) is 0 Å². The summed E-state index contributed by atoms with van der Waals surface area (Å²) >= 11 is 0. The van der Waals surface area contributed by atoms with Crippen LogP contribution in [0.2, 0.25) is 0 Å². The van der Waals surface area contributed by atoms with Crippen molar-refractivity contribution in [1.29, 1.82) is 0 Å². The number of halogens is 6. The molecule has 122 valence electrons. The summed E-state index contributed by atoms with van der Waals surface area (Å²) in [5.74, 6) is -0.717. The molecule has 0 bridgehead atoms. The second-order valence-electron chi connectivity index (χ2n) is 4.56. The molecule has 0 radical (unpaired) electrons. The van der Waals surface area contributed by atoms with Gasteiger partial charge in [0.05, 0.1) is 5.56 Å². The molecular formula is C11H9F6N3O2. The maximum Gasteiger partial charge on any atom is 0.416 e. The van der Waals surface area contributed by atoms with E-state index in [-0.39, 0.29) is 9.80 Å². The van der Waals surface area contributed by atoms with E-state index >= 15 is 0 Å². The summed E-state index contributed by atoms with van der Waals surface area (Å²) in [5.41, 5.74) is -1.20. The molecule has 1 aliphatic rings. The normalized spacial score (nSPS) is 23.4. The highest BCUT2D eigenvalue weighted by Gasteiger charge is 2.57. The first-order valence-electron chi connectivity index (χ1n) is 5.78. The van der Waals surface area contributed by atoms with Crippen LogP contribution in [0, 0.1) is 0 Å². The maximum absolute atomic E-state index is 12.8. The van der Waals surface area contributed by atoms with Gasteiger partial charge in [-0.1, -0.05) is 0 Å². The summed E-state index contributed by atoms with van der Waals surface area (Å²) in [7, 11) is 0.789. The van der Waals surface area contributed by atoms with Crippen LogP contribution >= 0.6 is 0 Å². The Hall–Kier alpha value is -2.04. The maximum atomic E-state index is 12.8. The second-order valence-corrected chi connectivity index (χ2v) is 4.56. The molecule has 2 atom stereocenters. The molecule has 1 aromatic rings. The van der Waals surface area contributed by atoms with Crippen LogP contribution in [-0.4, -0.2) is 46.5 Å². The van der Waals surface area contributed by atoms with E-state index in [9.17, 15) is 36.2 Å². The predicted molar refractivity (Wildman–Crippen MR) is 60.7 cm³/mol. The summed E-state index contributed by atoms with van der Waals surface area (Å²) in [5, 5.41) is 9.69. The highest BCUT2D eigenvalue weighted by molar-refractivity contribution is 5.94. The molecule has 1 saturated heterocycles. The van der Waals surface area contributed by atoms with Crippen molar-refractivity contribution in [2.45, 2.75) is 24.6 Å². The topological polar surface area (TPSA) is 56.7 Å². The van der Waals surface area contributed by atoms with Gasteiger partial charge in [-0.15, -0.1) is 0 Å². The van der Waals surface area contributed by atoms with Crippen LogP contribution in [0.4, 0.5) is 37.0 Å². The standard InChI is InChI=1S/C11H9F6N3O2/c1-19-7(11(15,16)17)8(21)20(9(19)22)6-4-5(2-3-18-6)10(12,13)14/h2-4,7-8,21H,1H3. The van der Waals surface area contributed by atoms with Gasteiger partial charge in [-0.25, -0.2) is 14.7 Å². The first-order chi connectivity index (χ1) is 9.94. The molecule has 1 N–H and O–H groups in total. The monoisotopic (exact) mass is 329 g/mol. The Morgan fingerprint density at radius 2 is 1.82 bits per heavy atom. The van der Waals surface area contributed by atoms with Crippen LogP contribution in [0.3, 0.4) is 0 Å². The van der Waals surface area contributed by atoms with Gasteiger partial charge in [0.2, 0.25) is 0 Å². The van der Waals surface area contributed by atoms with Crippen molar-refractivity contribution in [2.75, 3.05) is 11.9 Å². The number of aliphatic hydroxyl groups is 1. The molecule has 0 aliphatic carbocycles. The highest BCUT2D eigenvalue weighted by Crippen LogP contribution is 2.37. The zero-order valence-electron chi connectivity index (χ0n) is 10.9.